The topological polar surface area (TPSA) is 127 Å². The minimum absolute atomic E-state index is 0.0101. The predicted octanol–water partition coefficient (Wildman–Crippen LogP) is -1.12. The quantitative estimate of drug-likeness (QED) is 0.393. The van der Waals surface area contributed by atoms with Crippen LogP contribution in [0.3, 0.4) is 0 Å². The molecule has 0 spiro atoms. The second-order valence-corrected chi connectivity index (χ2v) is 4.08. The van der Waals surface area contributed by atoms with Crippen LogP contribution in [0.1, 0.15) is 20.8 Å². The molecule has 1 atom stereocenters. The molecule has 0 aliphatic carbocycles. The molecule has 0 saturated heterocycles. The highest BCUT2D eigenvalue weighted by Gasteiger charge is 2.10. The van der Waals surface area contributed by atoms with Gasteiger partial charge in [0, 0.05) is 12.1 Å². The van der Waals surface area contributed by atoms with Crippen molar-refractivity contribution in [2.24, 2.45) is 0 Å². The van der Waals surface area contributed by atoms with Crippen molar-refractivity contribution < 1.29 is 30.0 Å². The zero-order valence-electron chi connectivity index (χ0n) is 9.60. The molecule has 0 heterocycles. The maximum Gasteiger partial charge on any atom is 0.414 e. The van der Waals surface area contributed by atoms with Crippen LogP contribution in [0.25, 0.3) is 0 Å². The Labute approximate surface area is 93.7 Å². The summed E-state index contributed by atoms with van der Waals surface area (Å²) >= 11 is 0. The highest BCUT2D eigenvalue weighted by atomic mass is 16.4. The number of hydrogen-bond donors (Lipinski definition) is 5. The fourth-order valence-corrected chi connectivity index (χ4v) is 0.489. The summed E-state index contributed by atoms with van der Waals surface area (Å²) < 4.78 is 0. The van der Waals surface area contributed by atoms with Gasteiger partial charge < -0.3 is 25.7 Å². The number of aliphatic carboxylic acids is 2. The molecule has 7 heteroatoms. The Balaban J connectivity index is 0. The van der Waals surface area contributed by atoms with Gasteiger partial charge in [-0.1, -0.05) is 0 Å². The number of β-amino-alcohol motifs (C(OH)–C–C–N with tert-alkyl or cyclic N) is 1. The summed E-state index contributed by atoms with van der Waals surface area (Å²) in [4.78, 5) is 18.2. The number of carboxylic acids is 2. The van der Waals surface area contributed by atoms with E-state index in [2.05, 4.69) is 5.32 Å². The maximum absolute atomic E-state index is 9.10. The van der Waals surface area contributed by atoms with E-state index in [0.717, 1.165) is 0 Å². The number of carboxylic acid groups (broad SMARTS) is 2. The molecule has 1 unspecified atom stereocenters. The van der Waals surface area contributed by atoms with Gasteiger partial charge in [0.15, 0.2) is 0 Å². The Hall–Kier alpha value is -1.18. The number of aliphatic hydroxyl groups is 2. The second-order valence-electron chi connectivity index (χ2n) is 4.08. The molecule has 16 heavy (non-hydrogen) atoms. The molecule has 0 aromatic carbocycles. The summed E-state index contributed by atoms with van der Waals surface area (Å²) in [5.74, 6) is -3.65. The standard InChI is InChI=1S/C7H17NO2.C2H2O4/c1-7(2,3)8-4-6(10)5-9;3-1(4)2(5)6/h6,8-10H,4-5H2,1-3H3;(H,3,4)(H,5,6). The first-order valence-electron chi connectivity index (χ1n) is 4.60. The molecular formula is C9H19NO6. The summed E-state index contributed by atoms with van der Waals surface area (Å²) in [6.45, 7) is 6.30. The van der Waals surface area contributed by atoms with E-state index in [4.69, 9.17) is 30.0 Å². The molecule has 0 fully saturated rings. The van der Waals surface area contributed by atoms with Gasteiger partial charge in [0.25, 0.3) is 0 Å². The van der Waals surface area contributed by atoms with Crippen LogP contribution >= 0.6 is 0 Å². The monoisotopic (exact) mass is 237 g/mol. The van der Waals surface area contributed by atoms with Gasteiger partial charge in [0.05, 0.1) is 12.7 Å². The Morgan fingerprint density at radius 3 is 1.75 bits per heavy atom. The number of rotatable bonds is 3. The van der Waals surface area contributed by atoms with E-state index in [9.17, 15) is 0 Å². The molecule has 0 aromatic heterocycles. The smallest absolute Gasteiger partial charge is 0.414 e. The van der Waals surface area contributed by atoms with Crippen molar-refractivity contribution in [1.82, 2.24) is 5.32 Å². The first-order chi connectivity index (χ1) is 7.10. The SMILES string of the molecule is CC(C)(C)NCC(O)CO.O=C(O)C(=O)O. The zero-order chi connectivity index (χ0) is 13.4. The van der Waals surface area contributed by atoms with Crippen LogP contribution in [-0.4, -0.2) is 57.2 Å². The number of nitrogens with one attached hydrogen (secondary N) is 1. The van der Waals surface area contributed by atoms with E-state index in [1.165, 1.54) is 0 Å². The van der Waals surface area contributed by atoms with Crippen molar-refractivity contribution >= 4 is 11.9 Å². The van der Waals surface area contributed by atoms with E-state index in [1.807, 2.05) is 20.8 Å². The van der Waals surface area contributed by atoms with E-state index in [-0.39, 0.29) is 12.1 Å². The van der Waals surface area contributed by atoms with Gasteiger partial charge in [-0.3, -0.25) is 0 Å². The van der Waals surface area contributed by atoms with Gasteiger partial charge >= 0.3 is 11.9 Å². The molecular weight excluding hydrogens is 218 g/mol. The molecule has 0 amide bonds. The fourth-order valence-electron chi connectivity index (χ4n) is 0.489. The molecule has 0 saturated carbocycles. The summed E-state index contributed by atoms with van der Waals surface area (Å²) in [6, 6.07) is 0. The van der Waals surface area contributed by atoms with Crippen molar-refractivity contribution in [3.8, 4) is 0 Å². The number of carbonyl (C=O) groups is 2. The number of hydrogen-bond acceptors (Lipinski definition) is 5. The van der Waals surface area contributed by atoms with Crippen molar-refractivity contribution in [3.05, 3.63) is 0 Å². The van der Waals surface area contributed by atoms with Crippen molar-refractivity contribution in [2.75, 3.05) is 13.2 Å². The lowest BCUT2D eigenvalue weighted by atomic mass is 10.1. The summed E-state index contributed by atoms with van der Waals surface area (Å²) in [5.41, 5.74) is 0.0101. The highest BCUT2D eigenvalue weighted by molar-refractivity contribution is 6.27. The lowest BCUT2D eigenvalue weighted by Gasteiger charge is -2.21. The van der Waals surface area contributed by atoms with Crippen LogP contribution in [-0.2, 0) is 9.59 Å². The molecule has 0 radical (unpaired) electrons. The Kier molecular flexibility index (Phi) is 8.64. The normalized spacial score (nSPS) is 12.3. The zero-order valence-corrected chi connectivity index (χ0v) is 9.60. The van der Waals surface area contributed by atoms with Crippen LogP contribution in [0.2, 0.25) is 0 Å². The van der Waals surface area contributed by atoms with Crippen LogP contribution in [0.5, 0.6) is 0 Å². The largest absolute Gasteiger partial charge is 0.473 e. The summed E-state index contributed by atoms with van der Waals surface area (Å²) in [7, 11) is 0. The van der Waals surface area contributed by atoms with Crippen LogP contribution < -0.4 is 5.32 Å². The molecule has 96 valence electrons. The van der Waals surface area contributed by atoms with E-state index < -0.39 is 18.0 Å². The molecule has 5 N–H and O–H groups in total. The maximum atomic E-state index is 9.10. The Morgan fingerprint density at radius 1 is 1.19 bits per heavy atom. The van der Waals surface area contributed by atoms with Gasteiger partial charge in [0.1, 0.15) is 0 Å². The van der Waals surface area contributed by atoms with E-state index >= 15 is 0 Å². The molecule has 0 aliphatic heterocycles. The lowest BCUT2D eigenvalue weighted by Crippen LogP contribution is -2.41. The van der Waals surface area contributed by atoms with Crippen molar-refractivity contribution in [2.45, 2.75) is 32.4 Å². The van der Waals surface area contributed by atoms with Crippen LogP contribution in [0.15, 0.2) is 0 Å². The van der Waals surface area contributed by atoms with Crippen LogP contribution in [0, 0.1) is 0 Å². The molecule has 0 aliphatic rings. The van der Waals surface area contributed by atoms with Gasteiger partial charge in [-0.25, -0.2) is 9.59 Å². The first-order valence-corrected chi connectivity index (χ1v) is 4.60. The predicted molar refractivity (Wildman–Crippen MR) is 56.1 cm³/mol. The molecule has 0 aromatic rings. The van der Waals surface area contributed by atoms with Gasteiger partial charge in [0.2, 0.25) is 0 Å². The average Bonchev–Trinajstić information content (AvgIpc) is 2.13. The van der Waals surface area contributed by atoms with Gasteiger partial charge in [-0.05, 0) is 20.8 Å². The summed E-state index contributed by atoms with van der Waals surface area (Å²) in [6.07, 6.45) is -0.640. The second kappa shape index (κ2) is 8.03. The third kappa shape index (κ3) is 15.3. The fraction of sp³-hybridized carbons (Fsp3) is 0.778. The Morgan fingerprint density at radius 2 is 1.56 bits per heavy atom. The first kappa shape index (κ1) is 17.2. The minimum Gasteiger partial charge on any atom is -0.473 e. The third-order valence-corrected chi connectivity index (χ3v) is 1.26. The summed E-state index contributed by atoms with van der Waals surface area (Å²) in [5, 5.41) is 35.2. The lowest BCUT2D eigenvalue weighted by molar-refractivity contribution is -0.159. The van der Waals surface area contributed by atoms with Crippen molar-refractivity contribution in [1.29, 1.82) is 0 Å². The molecule has 0 rings (SSSR count). The molecule has 7 nitrogen and oxygen atoms in total. The van der Waals surface area contributed by atoms with Crippen LogP contribution in [0.4, 0.5) is 0 Å². The average molecular weight is 237 g/mol. The number of aliphatic hydroxyl groups excluding tert-OH is 2. The van der Waals surface area contributed by atoms with E-state index in [1.54, 1.807) is 0 Å². The highest BCUT2D eigenvalue weighted by Crippen LogP contribution is 1.97. The van der Waals surface area contributed by atoms with Gasteiger partial charge in [-0.15, -0.1) is 0 Å². The van der Waals surface area contributed by atoms with Gasteiger partial charge in [-0.2, -0.15) is 0 Å². The van der Waals surface area contributed by atoms with E-state index in [0.29, 0.717) is 6.54 Å². The van der Waals surface area contributed by atoms with Crippen molar-refractivity contribution in [3.63, 3.8) is 0 Å². The Bertz CT molecular complexity index is 211. The minimum atomic E-state index is -1.82. The third-order valence-electron chi connectivity index (χ3n) is 1.26. The molecule has 0 bridgehead atoms.